The molecule has 1 saturated heterocycles. The number of carbonyl (C=O) groups excluding carboxylic acids is 1. The number of piperidine rings is 1. The first-order chi connectivity index (χ1) is 13.5. The number of amides is 1. The van der Waals surface area contributed by atoms with E-state index in [0.717, 1.165) is 50.3 Å². The molecule has 1 aliphatic heterocycles. The van der Waals surface area contributed by atoms with Crippen molar-refractivity contribution in [3.63, 3.8) is 0 Å². The van der Waals surface area contributed by atoms with Gasteiger partial charge in [-0.05, 0) is 55.7 Å². The third-order valence-electron chi connectivity index (χ3n) is 5.92. The highest BCUT2D eigenvalue weighted by Crippen LogP contribution is 2.30. The van der Waals surface area contributed by atoms with E-state index in [2.05, 4.69) is 21.7 Å². The number of likely N-dealkylation sites (tertiary alicyclic amines) is 1. The van der Waals surface area contributed by atoms with Gasteiger partial charge in [0.1, 0.15) is 5.75 Å². The molecule has 0 spiro atoms. The van der Waals surface area contributed by atoms with Gasteiger partial charge in [0.2, 0.25) is 5.91 Å². The normalized spacial score (nSPS) is 18.1. The van der Waals surface area contributed by atoms with Gasteiger partial charge in [-0.1, -0.05) is 19.9 Å². The Morgan fingerprint density at radius 3 is 2.64 bits per heavy atom. The Hall–Kier alpha value is -2.24. The smallest absolute Gasteiger partial charge is 0.225 e. The van der Waals surface area contributed by atoms with Gasteiger partial charge >= 0.3 is 0 Å². The molecule has 154 valence electrons. The number of phenols is 1. The highest BCUT2D eigenvalue weighted by atomic mass is 16.3. The van der Waals surface area contributed by atoms with Crippen LogP contribution in [-0.4, -0.2) is 48.1 Å². The van der Waals surface area contributed by atoms with Crippen LogP contribution in [0.1, 0.15) is 56.2 Å². The maximum absolute atomic E-state index is 12.1. The molecule has 2 aliphatic rings. The summed E-state index contributed by atoms with van der Waals surface area (Å²) in [6.45, 7) is 6.06. The average Bonchev–Trinajstić information content (AvgIpc) is 2.72. The second-order valence-corrected chi connectivity index (χ2v) is 8.23. The Kier molecular flexibility index (Phi) is 6.81. The molecule has 1 aromatic rings. The van der Waals surface area contributed by atoms with Crippen molar-refractivity contribution in [2.75, 3.05) is 20.1 Å². The third-order valence-corrected chi connectivity index (χ3v) is 5.92. The SMILES string of the molecule is CN=C(NCc1c(O)ccc2c1CCCC2)NC1CCN(C(=O)C(C)C)CC1. The topological polar surface area (TPSA) is 77.0 Å². The molecular weight excluding hydrogens is 352 g/mol. The number of carbonyl (C=O) groups is 1. The van der Waals surface area contributed by atoms with Crippen molar-refractivity contribution in [2.45, 2.75) is 65.0 Å². The van der Waals surface area contributed by atoms with E-state index < -0.39 is 0 Å². The first kappa shape index (κ1) is 20.5. The highest BCUT2D eigenvalue weighted by Gasteiger charge is 2.25. The fourth-order valence-corrected chi connectivity index (χ4v) is 4.26. The van der Waals surface area contributed by atoms with E-state index >= 15 is 0 Å². The second kappa shape index (κ2) is 9.30. The zero-order chi connectivity index (χ0) is 20.1. The molecule has 0 saturated carbocycles. The number of aliphatic imine (C=N–C) groups is 1. The van der Waals surface area contributed by atoms with Gasteiger partial charge in [0.15, 0.2) is 5.96 Å². The van der Waals surface area contributed by atoms with E-state index in [9.17, 15) is 9.90 Å². The van der Waals surface area contributed by atoms with Crippen molar-refractivity contribution in [3.05, 3.63) is 28.8 Å². The van der Waals surface area contributed by atoms with Gasteiger partial charge in [-0.15, -0.1) is 0 Å². The predicted molar refractivity (Wildman–Crippen MR) is 113 cm³/mol. The van der Waals surface area contributed by atoms with Gasteiger partial charge in [0.25, 0.3) is 0 Å². The summed E-state index contributed by atoms with van der Waals surface area (Å²) in [7, 11) is 1.77. The lowest BCUT2D eigenvalue weighted by Gasteiger charge is -2.34. The van der Waals surface area contributed by atoms with E-state index in [4.69, 9.17) is 0 Å². The number of fused-ring (bicyclic) bond motifs is 1. The summed E-state index contributed by atoms with van der Waals surface area (Å²) in [5.74, 6) is 1.42. The van der Waals surface area contributed by atoms with E-state index in [1.54, 1.807) is 7.05 Å². The first-order valence-electron chi connectivity index (χ1n) is 10.6. The zero-order valence-corrected chi connectivity index (χ0v) is 17.4. The van der Waals surface area contributed by atoms with Crippen LogP contribution >= 0.6 is 0 Å². The highest BCUT2D eigenvalue weighted by molar-refractivity contribution is 5.80. The Bertz CT molecular complexity index is 721. The van der Waals surface area contributed by atoms with Crippen molar-refractivity contribution in [2.24, 2.45) is 10.9 Å². The molecule has 1 fully saturated rings. The van der Waals surface area contributed by atoms with Gasteiger partial charge in [0, 0.05) is 44.2 Å². The summed E-state index contributed by atoms with van der Waals surface area (Å²) < 4.78 is 0. The summed E-state index contributed by atoms with van der Waals surface area (Å²) in [6, 6.07) is 4.19. The number of guanidine groups is 1. The molecule has 3 N–H and O–H groups in total. The number of hydrogen-bond acceptors (Lipinski definition) is 3. The molecule has 6 heteroatoms. The standard InChI is InChI=1S/C22H34N4O2/c1-15(2)21(28)26-12-10-17(11-13-26)25-22(23-3)24-14-19-18-7-5-4-6-16(18)8-9-20(19)27/h8-9,15,17,27H,4-7,10-14H2,1-3H3,(H2,23,24,25). The molecule has 1 heterocycles. The Balaban J connectivity index is 1.55. The number of aryl methyl sites for hydroxylation is 1. The zero-order valence-electron chi connectivity index (χ0n) is 17.4. The van der Waals surface area contributed by atoms with Crippen LogP contribution in [0.2, 0.25) is 0 Å². The quantitative estimate of drug-likeness (QED) is 0.549. The molecule has 0 radical (unpaired) electrons. The Morgan fingerprint density at radius 1 is 1.25 bits per heavy atom. The lowest BCUT2D eigenvalue weighted by Crippen LogP contribution is -2.50. The minimum absolute atomic E-state index is 0.0587. The number of nitrogens with one attached hydrogen (secondary N) is 2. The van der Waals surface area contributed by atoms with E-state index in [1.807, 2.05) is 24.8 Å². The number of phenolic OH excluding ortho intramolecular Hbond substituents is 1. The molecule has 1 amide bonds. The van der Waals surface area contributed by atoms with Crippen molar-refractivity contribution in [1.29, 1.82) is 0 Å². The molecule has 0 aromatic heterocycles. The minimum Gasteiger partial charge on any atom is -0.508 e. The number of aromatic hydroxyl groups is 1. The van der Waals surface area contributed by atoms with Crippen LogP contribution in [0, 0.1) is 5.92 Å². The van der Waals surface area contributed by atoms with E-state index in [1.165, 1.54) is 24.0 Å². The summed E-state index contributed by atoms with van der Waals surface area (Å²) in [6.07, 6.45) is 6.39. The van der Waals surface area contributed by atoms with Crippen molar-refractivity contribution < 1.29 is 9.90 Å². The van der Waals surface area contributed by atoms with Crippen LogP contribution in [-0.2, 0) is 24.2 Å². The van der Waals surface area contributed by atoms with Crippen LogP contribution in [0.3, 0.4) is 0 Å². The number of hydrogen-bond donors (Lipinski definition) is 3. The van der Waals surface area contributed by atoms with E-state index in [0.29, 0.717) is 18.3 Å². The minimum atomic E-state index is 0.0587. The van der Waals surface area contributed by atoms with Crippen molar-refractivity contribution >= 4 is 11.9 Å². The van der Waals surface area contributed by atoms with Gasteiger partial charge in [-0.2, -0.15) is 0 Å². The molecule has 1 aliphatic carbocycles. The van der Waals surface area contributed by atoms with Crippen molar-refractivity contribution in [1.82, 2.24) is 15.5 Å². The van der Waals surface area contributed by atoms with Crippen LogP contribution in [0.4, 0.5) is 0 Å². The molecule has 3 rings (SSSR count). The fraction of sp³-hybridized carbons (Fsp3) is 0.636. The molecule has 0 atom stereocenters. The summed E-state index contributed by atoms with van der Waals surface area (Å²) in [5.41, 5.74) is 3.66. The predicted octanol–water partition coefficient (Wildman–Crippen LogP) is 2.58. The fourth-order valence-electron chi connectivity index (χ4n) is 4.26. The monoisotopic (exact) mass is 386 g/mol. The summed E-state index contributed by atoms with van der Waals surface area (Å²) in [5, 5.41) is 17.2. The Morgan fingerprint density at radius 2 is 1.96 bits per heavy atom. The molecule has 6 nitrogen and oxygen atoms in total. The molecular formula is C22H34N4O2. The maximum Gasteiger partial charge on any atom is 0.225 e. The lowest BCUT2D eigenvalue weighted by atomic mass is 9.88. The summed E-state index contributed by atoms with van der Waals surface area (Å²) in [4.78, 5) is 18.5. The van der Waals surface area contributed by atoms with Gasteiger partial charge in [0.05, 0.1) is 0 Å². The molecule has 0 bridgehead atoms. The first-order valence-corrected chi connectivity index (χ1v) is 10.6. The Labute approximate surface area is 168 Å². The van der Waals surface area contributed by atoms with Crippen molar-refractivity contribution in [3.8, 4) is 5.75 Å². The lowest BCUT2D eigenvalue weighted by molar-refractivity contribution is -0.135. The van der Waals surface area contributed by atoms with Gasteiger partial charge in [-0.25, -0.2) is 0 Å². The van der Waals surface area contributed by atoms with E-state index in [-0.39, 0.29) is 11.8 Å². The average molecular weight is 387 g/mol. The van der Waals surface area contributed by atoms with Crippen LogP contribution in [0.15, 0.2) is 17.1 Å². The van der Waals surface area contributed by atoms with Crippen LogP contribution in [0.5, 0.6) is 5.75 Å². The van der Waals surface area contributed by atoms with Crippen LogP contribution in [0.25, 0.3) is 0 Å². The molecule has 28 heavy (non-hydrogen) atoms. The van der Waals surface area contributed by atoms with Gasteiger partial charge in [-0.3, -0.25) is 9.79 Å². The number of nitrogens with zero attached hydrogens (tertiary/aromatic N) is 2. The molecule has 0 unspecified atom stereocenters. The van der Waals surface area contributed by atoms with Crippen LogP contribution < -0.4 is 10.6 Å². The number of benzene rings is 1. The third kappa shape index (κ3) is 4.78. The largest absolute Gasteiger partial charge is 0.508 e. The maximum atomic E-state index is 12.1. The van der Waals surface area contributed by atoms with Gasteiger partial charge < -0.3 is 20.6 Å². The second-order valence-electron chi connectivity index (χ2n) is 8.23. The molecule has 1 aromatic carbocycles. The summed E-state index contributed by atoms with van der Waals surface area (Å²) >= 11 is 0. The number of rotatable bonds is 4.